The number of hydrogen-bond acceptors (Lipinski definition) is 6. The second-order valence-corrected chi connectivity index (χ2v) is 7.00. The summed E-state index contributed by atoms with van der Waals surface area (Å²) in [7, 11) is 0. The van der Waals surface area contributed by atoms with Gasteiger partial charge in [0, 0.05) is 30.8 Å². The molecule has 2 aliphatic rings. The van der Waals surface area contributed by atoms with Crippen molar-refractivity contribution < 1.29 is 14.0 Å². The lowest BCUT2D eigenvalue weighted by molar-refractivity contribution is -0.0376. The summed E-state index contributed by atoms with van der Waals surface area (Å²) < 4.78 is 19.1. The number of nitrogens with zero attached hydrogens (tertiary/aromatic N) is 4. The number of rotatable bonds is 5. The van der Waals surface area contributed by atoms with Crippen LogP contribution in [-0.2, 0) is 13.0 Å². The maximum atomic E-state index is 13.8. The summed E-state index contributed by atoms with van der Waals surface area (Å²) >= 11 is 0. The number of likely N-dealkylation sites (tertiary alicyclic amines) is 1. The highest BCUT2D eigenvalue weighted by molar-refractivity contribution is 5.13. The number of pyridine rings is 1. The minimum Gasteiger partial charge on any atom is -0.388 e. The quantitative estimate of drug-likeness (QED) is 0.903. The van der Waals surface area contributed by atoms with Gasteiger partial charge in [0.15, 0.2) is 5.82 Å². The van der Waals surface area contributed by atoms with Gasteiger partial charge in [-0.3, -0.25) is 9.88 Å². The number of β-amino-alcohol motifs (C(OH)–C–C–N with tert-alkyl or cyclic N) is 1. The zero-order chi connectivity index (χ0) is 16.6. The summed E-state index contributed by atoms with van der Waals surface area (Å²) in [5, 5.41) is 14.9. The van der Waals surface area contributed by atoms with Gasteiger partial charge in [0.2, 0.25) is 5.89 Å². The molecule has 4 rings (SSSR count). The van der Waals surface area contributed by atoms with Crippen molar-refractivity contribution >= 4 is 0 Å². The van der Waals surface area contributed by atoms with E-state index in [1.807, 2.05) is 0 Å². The van der Waals surface area contributed by atoms with Gasteiger partial charge in [0.25, 0.3) is 0 Å². The topological polar surface area (TPSA) is 75.3 Å². The van der Waals surface area contributed by atoms with Crippen LogP contribution in [0.5, 0.6) is 0 Å². The highest BCUT2D eigenvalue weighted by Gasteiger charge is 2.36. The van der Waals surface area contributed by atoms with Crippen LogP contribution in [0.15, 0.2) is 23.0 Å². The van der Waals surface area contributed by atoms with E-state index in [9.17, 15) is 9.50 Å². The molecule has 24 heavy (non-hydrogen) atoms. The molecule has 128 valence electrons. The summed E-state index contributed by atoms with van der Waals surface area (Å²) in [6.45, 7) is 1.77. The fourth-order valence-corrected chi connectivity index (χ4v) is 3.39. The van der Waals surface area contributed by atoms with Gasteiger partial charge >= 0.3 is 0 Å². The van der Waals surface area contributed by atoms with Crippen LogP contribution < -0.4 is 0 Å². The SMILES string of the molecule is OC1(Cc2nc(C3CC3)no2)CCCN(Cc2ccncc2F)C1. The molecule has 1 saturated carbocycles. The normalized spacial score (nSPS) is 25.1. The van der Waals surface area contributed by atoms with Crippen LogP contribution in [0.1, 0.15) is 48.9 Å². The molecule has 0 radical (unpaired) electrons. The van der Waals surface area contributed by atoms with Crippen molar-refractivity contribution in [2.45, 2.75) is 50.2 Å². The first-order valence-corrected chi connectivity index (χ1v) is 8.47. The van der Waals surface area contributed by atoms with Gasteiger partial charge < -0.3 is 9.63 Å². The molecule has 1 atom stereocenters. The van der Waals surface area contributed by atoms with Crippen molar-refractivity contribution in [1.29, 1.82) is 0 Å². The molecule has 0 spiro atoms. The first kappa shape index (κ1) is 15.7. The predicted octanol–water partition coefficient (Wildman–Crippen LogP) is 2.05. The Morgan fingerprint density at radius 3 is 3.08 bits per heavy atom. The van der Waals surface area contributed by atoms with Crippen LogP contribution in [0.25, 0.3) is 0 Å². The van der Waals surface area contributed by atoms with Gasteiger partial charge in [0.1, 0.15) is 5.82 Å². The molecular formula is C17H21FN4O2. The Balaban J connectivity index is 1.41. The summed E-state index contributed by atoms with van der Waals surface area (Å²) in [5.74, 6) is 1.39. The van der Waals surface area contributed by atoms with Crippen molar-refractivity contribution in [1.82, 2.24) is 20.0 Å². The van der Waals surface area contributed by atoms with Crippen LogP contribution in [-0.4, -0.2) is 43.8 Å². The van der Waals surface area contributed by atoms with Crippen molar-refractivity contribution in [2.75, 3.05) is 13.1 Å². The Labute approximate surface area is 139 Å². The maximum absolute atomic E-state index is 13.8. The first-order valence-electron chi connectivity index (χ1n) is 8.47. The largest absolute Gasteiger partial charge is 0.388 e. The summed E-state index contributed by atoms with van der Waals surface area (Å²) in [5.41, 5.74) is -0.308. The predicted molar refractivity (Wildman–Crippen MR) is 83.6 cm³/mol. The summed E-state index contributed by atoms with van der Waals surface area (Å²) in [4.78, 5) is 10.3. The molecule has 0 amide bonds. The van der Waals surface area contributed by atoms with Crippen LogP contribution in [0.2, 0.25) is 0 Å². The molecule has 2 aromatic rings. The number of hydrogen-bond donors (Lipinski definition) is 1. The highest BCUT2D eigenvalue weighted by Crippen LogP contribution is 2.38. The van der Waals surface area contributed by atoms with E-state index in [1.54, 1.807) is 12.3 Å². The van der Waals surface area contributed by atoms with E-state index in [0.717, 1.165) is 31.6 Å². The molecule has 6 nitrogen and oxygen atoms in total. The lowest BCUT2D eigenvalue weighted by Gasteiger charge is -2.38. The molecule has 2 fully saturated rings. The van der Waals surface area contributed by atoms with E-state index in [0.29, 0.717) is 43.3 Å². The van der Waals surface area contributed by atoms with Crippen LogP contribution in [0, 0.1) is 5.82 Å². The van der Waals surface area contributed by atoms with Crippen molar-refractivity contribution in [3.05, 3.63) is 41.6 Å². The van der Waals surface area contributed by atoms with E-state index in [1.165, 1.54) is 6.20 Å². The number of aromatic nitrogens is 3. The van der Waals surface area contributed by atoms with Gasteiger partial charge in [0.05, 0.1) is 18.2 Å². The van der Waals surface area contributed by atoms with Gasteiger partial charge in [-0.15, -0.1) is 0 Å². The van der Waals surface area contributed by atoms with E-state index >= 15 is 0 Å². The zero-order valence-electron chi connectivity index (χ0n) is 13.5. The average Bonchev–Trinajstić information content (AvgIpc) is 3.30. The Hall–Kier alpha value is -1.86. The first-order chi connectivity index (χ1) is 11.6. The van der Waals surface area contributed by atoms with E-state index in [-0.39, 0.29) is 5.82 Å². The number of halogens is 1. The standard InChI is InChI=1S/C17H21FN4O2/c18-14-9-19-6-4-13(14)10-22-7-1-5-17(23,11-22)8-15-20-16(21-24-15)12-2-3-12/h4,6,9,12,23H,1-3,5,7-8,10-11H2. The molecule has 7 heteroatoms. The second kappa shape index (κ2) is 6.22. The summed E-state index contributed by atoms with van der Waals surface area (Å²) in [6, 6.07) is 1.68. The fourth-order valence-electron chi connectivity index (χ4n) is 3.39. The molecule has 2 aromatic heterocycles. The third kappa shape index (κ3) is 3.47. The highest BCUT2D eigenvalue weighted by atomic mass is 19.1. The van der Waals surface area contributed by atoms with E-state index in [2.05, 4.69) is 20.0 Å². The van der Waals surface area contributed by atoms with Gasteiger partial charge in [-0.2, -0.15) is 4.98 Å². The van der Waals surface area contributed by atoms with Crippen LogP contribution >= 0.6 is 0 Å². The number of piperidine rings is 1. The number of aliphatic hydroxyl groups is 1. The zero-order valence-corrected chi connectivity index (χ0v) is 13.5. The molecular weight excluding hydrogens is 311 g/mol. The Morgan fingerprint density at radius 2 is 2.29 bits per heavy atom. The van der Waals surface area contributed by atoms with Gasteiger partial charge in [-0.1, -0.05) is 5.16 Å². The molecule has 1 unspecified atom stereocenters. The van der Waals surface area contributed by atoms with Crippen molar-refractivity contribution in [3.63, 3.8) is 0 Å². The third-order valence-corrected chi connectivity index (χ3v) is 4.79. The lowest BCUT2D eigenvalue weighted by Crippen LogP contribution is -2.49. The van der Waals surface area contributed by atoms with E-state index < -0.39 is 5.60 Å². The van der Waals surface area contributed by atoms with Crippen molar-refractivity contribution in [3.8, 4) is 0 Å². The van der Waals surface area contributed by atoms with Crippen LogP contribution in [0.3, 0.4) is 0 Å². The Bertz CT molecular complexity index is 718. The maximum Gasteiger partial charge on any atom is 0.229 e. The molecule has 1 aliphatic carbocycles. The molecule has 1 aliphatic heterocycles. The van der Waals surface area contributed by atoms with Gasteiger partial charge in [-0.05, 0) is 38.3 Å². The average molecular weight is 332 g/mol. The van der Waals surface area contributed by atoms with E-state index in [4.69, 9.17) is 4.52 Å². The Morgan fingerprint density at radius 1 is 1.42 bits per heavy atom. The summed E-state index contributed by atoms with van der Waals surface area (Å²) in [6.07, 6.45) is 6.94. The second-order valence-electron chi connectivity index (χ2n) is 7.00. The third-order valence-electron chi connectivity index (χ3n) is 4.79. The minimum atomic E-state index is -0.908. The van der Waals surface area contributed by atoms with Crippen LogP contribution in [0.4, 0.5) is 4.39 Å². The fraction of sp³-hybridized carbons (Fsp3) is 0.588. The lowest BCUT2D eigenvalue weighted by atomic mass is 9.89. The minimum absolute atomic E-state index is 0.308. The smallest absolute Gasteiger partial charge is 0.229 e. The monoisotopic (exact) mass is 332 g/mol. The molecule has 0 bridgehead atoms. The Kier molecular flexibility index (Phi) is 4.05. The molecule has 0 aromatic carbocycles. The molecule has 3 heterocycles. The van der Waals surface area contributed by atoms with Gasteiger partial charge in [-0.25, -0.2) is 4.39 Å². The van der Waals surface area contributed by atoms with Crippen molar-refractivity contribution in [2.24, 2.45) is 0 Å². The molecule has 1 N–H and O–H groups in total. The molecule has 1 saturated heterocycles.